The van der Waals surface area contributed by atoms with E-state index >= 15 is 0 Å². The predicted molar refractivity (Wildman–Crippen MR) is 92.5 cm³/mol. The number of hydrogen-bond acceptors (Lipinski definition) is 6. The molecule has 8 heteroatoms. The van der Waals surface area contributed by atoms with Crippen LogP contribution in [0.15, 0.2) is 39.9 Å². The summed E-state index contributed by atoms with van der Waals surface area (Å²) >= 11 is 3.40. The van der Waals surface area contributed by atoms with E-state index in [1.165, 1.54) is 18.4 Å². The Bertz CT molecular complexity index is 885. The number of aromatic nitrogens is 1. The summed E-state index contributed by atoms with van der Waals surface area (Å²) < 4.78 is 5.67. The van der Waals surface area contributed by atoms with E-state index in [-0.39, 0.29) is 5.88 Å². The number of halogens is 1. The topological polar surface area (TPSA) is 87.0 Å². The van der Waals surface area contributed by atoms with Crippen LogP contribution in [-0.4, -0.2) is 23.2 Å². The molecule has 2 heterocycles. The van der Waals surface area contributed by atoms with E-state index in [9.17, 15) is 9.90 Å². The molecule has 6 nitrogen and oxygen atoms in total. The maximum atomic E-state index is 11.6. The summed E-state index contributed by atoms with van der Waals surface area (Å²) in [5.41, 5.74) is 1.56. The van der Waals surface area contributed by atoms with Gasteiger partial charge in [0, 0.05) is 8.96 Å². The molecule has 0 aliphatic heterocycles. The van der Waals surface area contributed by atoms with Gasteiger partial charge in [-0.15, -0.1) is 21.6 Å². The van der Waals surface area contributed by atoms with Crippen LogP contribution in [0.4, 0.5) is 11.4 Å². The van der Waals surface area contributed by atoms with Gasteiger partial charge in [-0.1, -0.05) is 12.1 Å². The van der Waals surface area contributed by atoms with Crippen molar-refractivity contribution in [3.05, 3.63) is 38.1 Å². The lowest BCUT2D eigenvalue weighted by Crippen LogP contribution is -1.97. The third kappa shape index (κ3) is 2.59. The molecule has 2 aromatic heterocycles. The summed E-state index contributed by atoms with van der Waals surface area (Å²) in [5, 5.41) is 20.7. The lowest BCUT2D eigenvalue weighted by atomic mass is 10.2. The van der Waals surface area contributed by atoms with Crippen LogP contribution in [0, 0.1) is 3.57 Å². The number of nitrogens with zero attached hydrogens (tertiary/aromatic N) is 2. The molecule has 0 saturated carbocycles. The number of benzene rings is 1. The first-order valence-electron chi connectivity index (χ1n) is 6.18. The van der Waals surface area contributed by atoms with Gasteiger partial charge in [0.1, 0.15) is 10.6 Å². The molecule has 0 spiro atoms. The SMILES string of the molecule is COC(=O)c1sccc1N=Nc1c(O)[nH]c2c(I)cccc12. The quantitative estimate of drug-likeness (QED) is 0.360. The van der Waals surface area contributed by atoms with E-state index < -0.39 is 5.97 Å². The fraction of sp³-hybridized carbons (Fsp3) is 0.0714. The minimum atomic E-state index is -0.457. The summed E-state index contributed by atoms with van der Waals surface area (Å²) in [5.74, 6) is -0.514. The van der Waals surface area contributed by atoms with Gasteiger partial charge in [-0.05, 0) is 40.1 Å². The minimum Gasteiger partial charge on any atom is -0.493 e. The smallest absolute Gasteiger partial charge is 0.350 e. The van der Waals surface area contributed by atoms with E-state index in [0.29, 0.717) is 16.3 Å². The van der Waals surface area contributed by atoms with Crippen molar-refractivity contribution in [1.82, 2.24) is 4.98 Å². The largest absolute Gasteiger partial charge is 0.493 e. The first kappa shape index (κ1) is 15.0. The average Bonchev–Trinajstić information content (AvgIpc) is 3.09. The summed E-state index contributed by atoms with van der Waals surface area (Å²) in [6.07, 6.45) is 0. The molecule has 0 bridgehead atoms. The molecule has 0 saturated heterocycles. The van der Waals surface area contributed by atoms with Gasteiger partial charge in [-0.3, -0.25) is 0 Å². The summed E-state index contributed by atoms with van der Waals surface area (Å²) in [7, 11) is 1.32. The molecule has 3 aromatic rings. The van der Waals surface area contributed by atoms with Crippen LogP contribution in [0.5, 0.6) is 5.88 Å². The van der Waals surface area contributed by atoms with Crippen molar-refractivity contribution in [2.45, 2.75) is 0 Å². The zero-order chi connectivity index (χ0) is 15.7. The van der Waals surface area contributed by atoms with E-state index in [2.05, 4.69) is 37.8 Å². The Balaban J connectivity index is 2.04. The second-order valence-electron chi connectivity index (χ2n) is 4.31. The van der Waals surface area contributed by atoms with Gasteiger partial charge in [0.25, 0.3) is 0 Å². The van der Waals surface area contributed by atoms with Crippen LogP contribution in [0.1, 0.15) is 9.67 Å². The molecular formula is C14H10IN3O3S. The molecule has 0 radical (unpaired) electrons. The molecule has 0 amide bonds. The lowest BCUT2D eigenvalue weighted by Gasteiger charge is -1.96. The average molecular weight is 427 g/mol. The Morgan fingerprint density at radius 3 is 2.95 bits per heavy atom. The second kappa shape index (κ2) is 6.05. The van der Waals surface area contributed by atoms with E-state index in [4.69, 9.17) is 4.74 Å². The van der Waals surface area contributed by atoms with Crippen molar-refractivity contribution in [2.75, 3.05) is 7.11 Å². The molecule has 0 aliphatic rings. The Morgan fingerprint density at radius 1 is 1.36 bits per heavy atom. The van der Waals surface area contributed by atoms with Crippen LogP contribution in [0.3, 0.4) is 0 Å². The van der Waals surface area contributed by atoms with Crippen LogP contribution in [-0.2, 0) is 4.74 Å². The maximum absolute atomic E-state index is 11.6. The molecular weight excluding hydrogens is 417 g/mol. The number of fused-ring (bicyclic) bond motifs is 1. The molecule has 0 fully saturated rings. The van der Waals surface area contributed by atoms with E-state index in [1.807, 2.05) is 18.2 Å². The van der Waals surface area contributed by atoms with E-state index in [0.717, 1.165) is 14.5 Å². The highest BCUT2D eigenvalue weighted by atomic mass is 127. The summed E-state index contributed by atoms with van der Waals surface area (Å²) in [6, 6.07) is 7.32. The molecule has 3 rings (SSSR count). The van der Waals surface area contributed by atoms with Crippen molar-refractivity contribution in [1.29, 1.82) is 0 Å². The molecule has 2 N–H and O–H groups in total. The van der Waals surface area contributed by atoms with Crippen molar-refractivity contribution < 1.29 is 14.6 Å². The second-order valence-corrected chi connectivity index (χ2v) is 6.39. The van der Waals surface area contributed by atoms with Crippen LogP contribution < -0.4 is 0 Å². The molecule has 1 aromatic carbocycles. The standard InChI is InChI=1S/C14H10IN3O3S/c1-21-14(20)12-9(5-6-22-12)17-18-11-7-3-2-4-8(15)10(7)16-13(11)19/h2-6,16,19H,1H3. The first-order valence-corrected chi connectivity index (χ1v) is 8.14. The van der Waals surface area contributed by atoms with Crippen molar-refractivity contribution in [3.63, 3.8) is 0 Å². The van der Waals surface area contributed by atoms with Gasteiger partial charge in [-0.2, -0.15) is 0 Å². The first-order chi connectivity index (χ1) is 10.6. The summed E-state index contributed by atoms with van der Waals surface area (Å²) in [6.45, 7) is 0. The number of hydrogen-bond donors (Lipinski definition) is 2. The number of aromatic hydroxyl groups is 1. The monoisotopic (exact) mass is 427 g/mol. The molecule has 22 heavy (non-hydrogen) atoms. The van der Waals surface area contributed by atoms with Crippen LogP contribution in [0.2, 0.25) is 0 Å². The highest BCUT2D eigenvalue weighted by molar-refractivity contribution is 14.1. The zero-order valence-corrected chi connectivity index (χ0v) is 14.3. The lowest BCUT2D eigenvalue weighted by molar-refractivity contribution is 0.0607. The molecule has 112 valence electrons. The Labute approximate surface area is 143 Å². The van der Waals surface area contributed by atoms with Gasteiger partial charge < -0.3 is 14.8 Å². The molecule has 0 aliphatic carbocycles. The van der Waals surface area contributed by atoms with Gasteiger partial charge >= 0.3 is 5.97 Å². The number of ether oxygens (including phenoxy) is 1. The number of azo groups is 1. The number of rotatable bonds is 3. The highest BCUT2D eigenvalue weighted by Crippen LogP contribution is 2.38. The molecule has 0 unspecified atom stereocenters. The third-order valence-corrected chi connectivity index (χ3v) is 4.79. The van der Waals surface area contributed by atoms with Crippen molar-refractivity contribution in [2.24, 2.45) is 10.2 Å². The minimum absolute atomic E-state index is 0.0577. The fourth-order valence-electron chi connectivity index (χ4n) is 1.99. The zero-order valence-electron chi connectivity index (χ0n) is 11.3. The normalized spacial score (nSPS) is 11.4. The predicted octanol–water partition coefficient (Wildman–Crippen LogP) is 4.74. The number of aromatic amines is 1. The highest BCUT2D eigenvalue weighted by Gasteiger charge is 2.15. The van der Waals surface area contributed by atoms with Gasteiger partial charge in [-0.25, -0.2) is 4.79 Å². The molecule has 0 atom stereocenters. The Morgan fingerprint density at radius 2 is 2.18 bits per heavy atom. The van der Waals surface area contributed by atoms with Gasteiger partial charge in [0.15, 0.2) is 5.69 Å². The van der Waals surface area contributed by atoms with Gasteiger partial charge in [0.2, 0.25) is 5.88 Å². The van der Waals surface area contributed by atoms with E-state index in [1.54, 1.807) is 11.4 Å². The van der Waals surface area contributed by atoms with Gasteiger partial charge in [0.05, 0.1) is 12.6 Å². The Kier molecular flexibility index (Phi) is 4.12. The summed E-state index contributed by atoms with van der Waals surface area (Å²) in [4.78, 5) is 14.9. The van der Waals surface area contributed by atoms with Crippen molar-refractivity contribution >= 4 is 62.2 Å². The maximum Gasteiger partial charge on any atom is 0.350 e. The number of thiophene rings is 1. The fourth-order valence-corrected chi connectivity index (χ4v) is 3.36. The Hall–Kier alpha value is -1.94. The number of nitrogens with one attached hydrogen (secondary N) is 1. The number of carbonyl (C=O) groups excluding carboxylic acids is 1. The number of methoxy groups -OCH3 is 1. The number of carbonyl (C=O) groups is 1. The third-order valence-electron chi connectivity index (χ3n) is 3.01. The van der Waals surface area contributed by atoms with Crippen LogP contribution in [0.25, 0.3) is 10.9 Å². The number of esters is 1. The number of para-hydroxylation sites is 1. The van der Waals surface area contributed by atoms with Crippen LogP contribution >= 0.6 is 33.9 Å². The number of H-pyrrole nitrogens is 1. The van der Waals surface area contributed by atoms with Crippen molar-refractivity contribution in [3.8, 4) is 5.88 Å².